The van der Waals surface area contributed by atoms with Gasteiger partial charge in [0.1, 0.15) is 11.3 Å². The SMILES string of the molecule is CCNC(=O)C1(C)CCCN(C(=O)c2c(C)noc2C)C1. The molecule has 1 fully saturated rings. The Morgan fingerprint density at radius 1 is 1.43 bits per heavy atom. The molecule has 2 heterocycles. The zero-order valence-corrected chi connectivity index (χ0v) is 13.2. The Bertz CT molecular complexity index is 533. The fourth-order valence-corrected chi connectivity index (χ4v) is 2.92. The van der Waals surface area contributed by atoms with Crippen LogP contribution in [0, 0.1) is 19.3 Å². The number of aryl methyl sites for hydroxylation is 2. The number of hydrogen-bond acceptors (Lipinski definition) is 4. The zero-order valence-electron chi connectivity index (χ0n) is 13.2. The van der Waals surface area contributed by atoms with Gasteiger partial charge in [-0.15, -0.1) is 0 Å². The highest BCUT2D eigenvalue weighted by Gasteiger charge is 2.40. The minimum absolute atomic E-state index is 0.0151. The Balaban J connectivity index is 2.18. The number of rotatable bonds is 3. The van der Waals surface area contributed by atoms with Crippen molar-refractivity contribution in [1.29, 1.82) is 0 Å². The fourth-order valence-electron chi connectivity index (χ4n) is 2.92. The van der Waals surface area contributed by atoms with E-state index in [0.29, 0.717) is 36.7 Å². The highest BCUT2D eigenvalue weighted by atomic mass is 16.5. The fraction of sp³-hybridized carbons (Fsp3) is 0.667. The Morgan fingerprint density at radius 3 is 2.71 bits per heavy atom. The third-order valence-corrected chi connectivity index (χ3v) is 4.12. The Kier molecular flexibility index (Phi) is 4.34. The van der Waals surface area contributed by atoms with Crippen molar-refractivity contribution in [3.05, 3.63) is 17.0 Å². The second-order valence-electron chi connectivity index (χ2n) is 5.95. The van der Waals surface area contributed by atoms with Crippen molar-refractivity contribution in [1.82, 2.24) is 15.4 Å². The van der Waals surface area contributed by atoms with Crippen LogP contribution < -0.4 is 5.32 Å². The molecule has 1 aromatic heterocycles. The van der Waals surface area contributed by atoms with E-state index in [1.54, 1.807) is 18.7 Å². The second kappa shape index (κ2) is 5.87. The van der Waals surface area contributed by atoms with E-state index in [9.17, 15) is 9.59 Å². The Labute approximate surface area is 124 Å². The molecule has 1 N–H and O–H groups in total. The summed E-state index contributed by atoms with van der Waals surface area (Å²) >= 11 is 0. The highest BCUT2D eigenvalue weighted by Crippen LogP contribution is 2.31. The number of piperidine rings is 1. The first kappa shape index (κ1) is 15.5. The predicted molar refractivity (Wildman–Crippen MR) is 77.9 cm³/mol. The van der Waals surface area contributed by atoms with Crippen LogP contribution in [-0.2, 0) is 4.79 Å². The van der Waals surface area contributed by atoms with E-state index in [0.717, 1.165) is 12.8 Å². The average molecular weight is 293 g/mol. The van der Waals surface area contributed by atoms with E-state index >= 15 is 0 Å². The lowest BCUT2D eigenvalue weighted by atomic mass is 9.80. The van der Waals surface area contributed by atoms with Crippen LogP contribution >= 0.6 is 0 Å². The summed E-state index contributed by atoms with van der Waals surface area (Å²) in [5.74, 6) is 0.450. The van der Waals surface area contributed by atoms with Gasteiger partial charge in [0.25, 0.3) is 5.91 Å². The van der Waals surface area contributed by atoms with Crippen LogP contribution in [0.4, 0.5) is 0 Å². The maximum Gasteiger partial charge on any atom is 0.259 e. The first-order valence-electron chi connectivity index (χ1n) is 7.39. The number of nitrogens with one attached hydrogen (secondary N) is 1. The van der Waals surface area contributed by atoms with Crippen LogP contribution in [-0.4, -0.2) is 41.5 Å². The number of carbonyl (C=O) groups excluding carboxylic acids is 2. The molecular formula is C15H23N3O3. The predicted octanol–water partition coefficient (Wildman–Crippen LogP) is 1.67. The van der Waals surface area contributed by atoms with Gasteiger partial charge in [-0.2, -0.15) is 0 Å². The molecule has 0 bridgehead atoms. The van der Waals surface area contributed by atoms with Crippen molar-refractivity contribution >= 4 is 11.8 Å². The van der Waals surface area contributed by atoms with Crippen molar-refractivity contribution in [2.24, 2.45) is 5.41 Å². The number of hydrogen-bond donors (Lipinski definition) is 1. The van der Waals surface area contributed by atoms with Crippen LogP contribution in [0.15, 0.2) is 4.52 Å². The Hall–Kier alpha value is -1.85. The summed E-state index contributed by atoms with van der Waals surface area (Å²) in [4.78, 5) is 26.6. The van der Waals surface area contributed by atoms with Crippen molar-refractivity contribution in [2.45, 2.75) is 40.5 Å². The van der Waals surface area contributed by atoms with Gasteiger partial charge in [-0.25, -0.2) is 0 Å². The van der Waals surface area contributed by atoms with Crippen LogP contribution in [0.5, 0.6) is 0 Å². The van der Waals surface area contributed by atoms with Gasteiger partial charge in [-0.3, -0.25) is 9.59 Å². The van der Waals surface area contributed by atoms with Crippen LogP contribution in [0.2, 0.25) is 0 Å². The van der Waals surface area contributed by atoms with Crippen molar-refractivity contribution in [3.63, 3.8) is 0 Å². The molecule has 0 aliphatic carbocycles. The van der Waals surface area contributed by atoms with E-state index < -0.39 is 5.41 Å². The second-order valence-corrected chi connectivity index (χ2v) is 5.95. The summed E-state index contributed by atoms with van der Waals surface area (Å²) in [6.07, 6.45) is 1.62. The third-order valence-electron chi connectivity index (χ3n) is 4.12. The summed E-state index contributed by atoms with van der Waals surface area (Å²) in [5.41, 5.74) is 0.598. The van der Waals surface area contributed by atoms with Crippen molar-refractivity contribution < 1.29 is 14.1 Å². The summed E-state index contributed by atoms with van der Waals surface area (Å²) in [6.45, 7) is 9.02. The molecule has 1 aliphatic rings. The molecule has 0 aromatic carbocycles. The quantitative estimate of drug-likeness (QED) is 0.920. The zero-order chi connectivity index (χ0) is 15.6. The molecule has 1 saturated heterocycles. The summed E-state index contributed by atoms with van der Waals surface area (Å²) in [5, 5.41) is 6.70. The standard InChI is InChI=1S/C15H23N3O3/c1-5-16-14(20)15(4)7-6-8-18(9-15)13(19)12-10(2)17-21-11(12)3/h5-9H2,1-4H3,(H,16,20). The highest BCUT2D eigenvalue weighted by molar-refractivity contribution is 5.96. The molecule has 1 unspecified atom stereocenters. The molecule has 0 saturated carbocycles. The van der Waals surface area contributed by atoms with E-state index in [-0.39, 0.29) is 11.8 Å². The van der Waals surface area contributed by atoms with Crippen molar-refractivity contribution in [3.8, 4) is 0 Å². The third kappa shape index (κ3) is 2.94. The molecule has 116 valence electrons. The number of aromatic nitrogens is 1. The molecule has 6 heteroatoms. The van der Waals surface area contributed by atoms with Crippen LogP contribution in [0.25, 0.3) is 0 Å². The van der Waals surface area contributed by atoms with E-state index in [1.165, 1.54) is 0 Å². The largest absolute Gasteiger partial charge is 0.361 e. The number of likely N-dealkylation sites (tertiary alicyclic amines) is 1. The maximum atomic E-state index is 12.7. The van der Waals surface area contributed by atoms with Gasteiger partial charge >= 0.3 is 0 Å². The van der Waals surface area contributed by atoms with Crippen molar-refractivity contribution in [2.75, 3.05) is 19.6 Å². The molecule has 1 aromatic rings. The topological polar surface area (TPSA) is 75.4 Å². The van der Waals surface area contributed by atoms with Crippen LogP contribution in [0.3, 0.4) is 0 Å². The van der Waals surface area contributed by atoms with Gasteiger partial charge in [0.2, 0.25) is 5.91 Å². The first-order chi connectivity index (χ1) is 9.89. The van der Waals surface area contributed by atoms with E-state index in [2.05, 4.69) is 10.5 Å². The van der Waals surface area contributed by atoms with E-state index in [4.69, 9.17) is 4.52 Å². The van der Waals surface area contributed by atoms with E-state index in [1.807, 2.05) is 13.8 Å². The maximum absolute atomic E-state index is 12.7. The molecule has 1 aliphatic heterocycles. The van der Waals surface area contributed by atoms with Gasteiger partial charge < -0.3 is 14.7 Å². The average Bonchev–Trinajstić information content (AvgIpc) is 2.78. The van der Waals surface area contributed by atoms with Gasteiger partial charge in [-0.1, -0.05) is 5.16 Å². The minimum atomic E-state index is -0.525. The van der Waals surface area contributed by atoms with Gasteiger partial charge in [0, 0.05) is 19.6 Å². The molecule has 6 nitrogen and oxygen atoms in total. The molecule has 2 rings (SSSR count). The number of amides is 2. The Morgan fingerprint density at radius 2 is 2.14 bits per heavy atom. The smallest absolute Gasteiger partial charge is 0.259 e. The minimum Gasteiger partial charge on any atom is -0.361 e. The molecule has 2 amide bonds. The normalized spacial score (nSPS) is 22.2. The van der Waals surface area contributed by atoms with Crippen LogP contribution in [0.1, 0.15) is 48.5 Å². The molecule has 1 atom stereocenters. The summed E-state index contributed by atoms with van der Waals surface area (Å²) < 4.78 is 5.07. The molecule has 0 radical (unpaired) electrons. The van der Waals surface area contributed by atoms with Gasteiger partial charge in [0.15, 0.2) is 0 Å². The monoisotopic (exact) mass is 293 g/mol. The number of carbonyl (C=O) groups is 2. The lowest BCUT2D eigenvalue weighted by Gasteiger charge is -2.39. The number of nitrogens with zero attached hydrogens (tertiary/aromatic N) is 2. The van der Waals surface area contributed by atoms with Gasteiger partial charge in [-0.05, 0) is 40.5 Å². The first-order valence-corrected chi connectivity index (χ1v) is 7.39. The summed E-state index contributed by atoms with van der Waals surface area (Å²) in [6, 6.07) is 0. The molecular weight excluding hydrogens is 270 g/mol. The summed E-state index contributed by atoms with van der Waals surface area (Å²) in [7, 11) is 0. The lowest BCUT2D eigenvalue weighted by molar-refractivity contribution is -0.132. The molecule has 0 spiro atoms. The lowest BCUT2D eigenvalue weighted by Crippen LogP contribution is -2.52. The van der Waals surface area contributed by atoms with Gasteiger partial charge in [0.05, 0.1) is 11.1 Å². The molecule has 21 heavy (non-hydrogen) atoms.